The first kappa shape index (κ1) is 16.3. The number of β-amino-alcohol motifs (C(OH)–C–C–N with tert-alkyl or cyclic N) is 1. The van der Waals surface area contributed by atoms with Crippen molar-refractivity contribution in [3.63, 3.8) is 0 Å². The van der Waals surface area contributed by atoms with Crippen LogP contribution in [-0.2, 0) is 4.74 Å². The normalized spacial score (nSPS) is 18.3. The number of hydrogen-bond acceptors (Lipinski definition) is 3. The van der Waals surface area contributed by atoms with Crippen LogP contribution in [0.4, 0.5) is 0 Å². The molecular weight excluding hydrogens is 312 g/mol. The zero-order valence-electron chi connectivity index (χ0n) is 14.3. The highest BCUT2D eigenvalue weighted by Crippen LogP contribution is 2.28. The van der Waals surface area contributed by atoms with Crippen LogP contribution in [0.2, 0.25) is 0 Å². The van der Waals surface area contributed by atoms with Crippen LogP contribution in [0, 0.1) is 0 Å². The SMILES string of the molecule is O[C@@H](CN1CCOCC1)[C@@H](c1ccccc1)n1ccc2ccccc21. The van der Waals surface area contributed by atoms with Crippen LogP contribution in [0.1, 0.15) is 11.6 Å². The number of para-hydroxylation sites is 1. The molecule has 1 saturated heterocycles. The van der Waals surface area contributed by atoms with E-state index in [9.17, 15) is 5.11 Å². The summed E-state index contributed by atoms with van der Waals surface area (Å²) in [7, 11) is 0. The summed E-state index contributed by atoms with van der Waals surface area (Å²) in [5, 5.41) is 12.3. The van der Waals surface area contributed by atoms with E-state index in [0.717, 1.165) is 37.4 Å². The summed E-state index contributed by atoms with van der Waals surface area (Å²) in [5.74, 6) is 0. The van der Waals surface area contributed by atoms with Crippen molar-refractivity contribution in [3.8, 4) is 0 Å². The maximum atomic E-state index is 11.1. The highest BCUT2D eigenvalue weighted by atomic mass is 16.5. The number of hydrogen-bond donors (Lipinski definition) is 1. The van der Waals surface area contributed by atoms with E-state index in [2.05, 4.69) is 52.1 Å². The van der Waals surface area contributed by atoms with Crippen LogP contribution in [0.3, 0.4) is 0 Å². The summed E-state index contributed by atoms with van der Waals surface area (Å²) in [6, 6.07) is 20.6. The molecule has 2 heterocycles. The molecule has 1 N–H and O–H groups in total. The number of nitrogens with zero attached hydrogens (tertiary/aromatic N) is 2. The van der Waals surface area contributed by atoms with Crippen LogP contribution >= 0.6 is 0 Å². The van der Waals surface area contributed by atoms with E-state index >= 15 is 0 Å². The lowest BCUT2D eigenvalue weighted by molar-refractivity contribution is 0.00702. The maximum Gasteiger partial charge on any atom is 0.0915 e. The number of ether oxygens (including phenoxy) is 1. The van der Waals surface area contributed by atoms with Crippen LogP contribution in [0.25, 0.3) is 10.9 Å². The van der Waals surface area contributed by atoms with Crippen LogP contribution in [-0.4, -0.2) is 53.5 Å². The molecule has 4 nitrogen and oxygen atoms in total. The molecule has 25 heavy (non-hydrogen) atoms. The van der Waals surface area contributed by atoms with Gasteiger partial charge in [0.2, 0.25) is 0 Å². The fourth-order valence-corrected chi connectivity index (χ4v) is 3.71. The maximum absolute atomic E-state index is 11.1. The highest BCUT2D eigenvalue weighted by Gasteiger charge is 2.26. The van der Waals surface area contributed by atoms with Crippen LogP contribution in [0.5, 0.6) is 0 Å². The molecule has 0 bridgehead atoms. The van der Waals surface area contributed by atoms with Gasteiger partial charge >= 0.3 is 0 Å². The second kappa shape index (κ2) is 7.40. The van der Waals surface area contributed by atoms with Gasteiger partial charge in [-0.05, 0) is 23.1 Å². The number of aliphatic hydroxyl groups excluding tert-OH is 1. The number of aromatic nitrogens is 1. The molecule has 4 rings (SSSR count). The molecule has 1 aliphatic heterocycles. The lowest BCUT2D eigenvalue weighted by Crippen LogP contribution is -2.43. The van der Waals surface area contributed by atoms with E-state index in [-0.39, 0.29) is 6.04 Å². The molecule has 2 aromatic carbocycles. The molecule has 1 fully saturated rings. The Hall–Kier alpha value is -2.14. The highest BCUT2D eigenvalue weighted by molar-refractivity contribution is 5.80. The van der Waals surface area contributed by atoms with Gasteiger partial charge in [0.25, 0.3) is 0 Å². The Morgan fingerprint density at radius 2 is 1.64 bits per heavy atom. The van der Waals surface area contributed by atoms with Gasteiger partial charge in [0.05, 0.1) is 25.4 Å². The molecule has 0 saturated carbocycles. The van der Waals surface area contributed by atoms with Gasteiger partial charge in [0, 0.05) is 31.3 Å². The van der Waals surface area contributed by atoms with Crippen molar-refractivity contribution in [1.29, 1.82) is 0 Å². The molecule has 2 atom stereocenters. The third-order valence-corrected chi connectivity index (χ3v) is 4.98. The molecule has 0 spiro atoms. The summed E-state index contributed by atoms with van der Waals surface area (Å²) >= 11 is 0. The third kappa shape index (κ3) is 3.47. The molecule has 0 amide bonds. The Bertz CT molecular complexity index is 809. The summed E-state index contributed by atoms with van der Waals surface area (Å²) in [6.07, 6.45) is 1.60. The first-order chi connectivity index (χ1) is 12.3. The molecular formula is C21H24N2O2. The third-order valence-electron chi connectivity index (χ3n) is 4.98. The van der Waals surface area contributed by atoms with E-state index in [1.807, 2.05) is 24.3 Å². The molecule has 3 aromatic rings. The van der Waals surface area contributed by atoms with Crippen molar-refractivity contribution in [2.45, 2.75) is 12.1 Å². The lowest BCUT2D eigenvalue weighted by atomic mass is 10.00. The van der Waals surface area contributed by atoms with Crippen molar-refractivity contribution in [3.05, 3.63) is 72.4 Å². The fourth-order valence-electron chi connectivity index (χ4n) is 3.71. The number of benzene rings is 2. The summed E-state index contributed by atoms with van der Waals surface area (Å²) in [4.78, 5) is 2.29. The van der Waals surface area contributed by atoms with E-state index in [0.29, 0.717) is 6.54 Å². The monoisotopic (exact) mass is 336 g/mol. The average molecular weight is 336 g/mol. The lowest BCUT2D eigenvalue weighted by Gasteiger charge is -2.33. The topological polar surface area (TPSA) is 37.6 Å². The van der Waals surface area contributed by atoms with Gasteiger partial charge in [-0.15, -0.1) is 0 Å². The first-order valence-electron chi connectivity index (χ1n) is 8.91. The van der Waals surface area contributed by atoms with Gasteiger partial charge in [-0.25, -0.2) is 0 Å². The van der Waals surface area contributed by atoms with E-state index in [4.69, 9.17) is 4.74 Å². The second-order valence-corrected chi connectivity index (χ2v) is 6.62. The molecule has 130 valence electrons. The zero-order chi connectivity index (χ0) is 17.1. The van der Waals surface area contributed by atoms with Crippen LogP contribution in [0.15, 0.2) is 66.9 Å². The summed E-state index contributed by atoms with van der Waals surface area (Å²) in [6.45, 7) is 3.90. The smallest absolute Gasteiger partial charge is 0.0915 e. The van der Waals surface area contributed by atoms with E-state index in [1.54, 1.807) is 0 Å². The van der Waals surface area contributed by atoms with Crippen molar-refractivity contribution >= 4 is 10.9 Å². The average Bonchev–Trinajstić information content (AvgIpc) is 3.08. The molecule has 0 aliphatic carbocycles. The van der Waals surface area contributed by atoms with Gasteiger partial charge in [0.15, 0.2) is 0 Å². The quantitative estimate of drug-likeness (QED) is 0.778. The van der Waals surface area contributed by atoms with E-state index in [1.165, 1.54) is 5.39 Å². The van der Waals surface area contributed by atoms with Gasteiger partial charge in [-0.3, -0.25) is 4.90 Å². The Kier molecular flexibility index (Phi) is 4.83. The fraction of sp³-hybridized carbons (Fsp3) is 0.333. The molecule has 1 aliphatic rings. The first-order valence-corrected chi connectivity index (χ1v) is 8.91. The minimum absolute atomic E-state index is 0.107. The summed E-state index contributed by atoms with van der Waals surface area (Å²) in [5.41, 5.74) is 2.28. The number of aliphatic hydroxyl groups is 1. The van der Waals surface area contributed by atoms with E-state index < -0.39 is 6.10 Å². The molecule has 0 unspecified atom stereocenters. The summed E-state index contributed by atoms with van der Waals surface area (Å²) < 4.78 is 7.63. The molecule has 1 aromatic heterocycles. The number of fused-ring (bicyclic) bond motifs is 1. The van der Waals surface area contributed by atoms with Gasteiger partial charge in [-0.1, -0.05) is 48.5 Å². The predicted octanol–water partition coefficient (Wildman–Crippen LogP) is 2.92. The Labute approximate surface area is 148 Å². The van der Waals surface area contributed by atoms with Crippen molar-refractivity contribution < 1.29 is 9.84 Å². The van der Waals surface area contributed by atoms with Crippen molar-refractivity contribution in [2.75, 3.05) is 32.8 Å². The van der Waals surface area contributed by atoms with Crippen molar-refractivity contribution in [2.24, 2.45) is 0 Å². The zero-order valence-corrected chi connectivity index (χ0v) is 14.3. The standard InChI is InChI=1S/C21H24N2O2/c24-20(16-22-12-14-25-15-13-22)21(18-7-2-1-3-8-18)23-11-10-17-6-4-5-9-19(17)23/h1-11,20-21,24H,12-16H2/t20-,21+/m0/s1. The molecule has 0 radical (unpaired) electrons. The predicted molar refractivity (Wildman–Crippen MR) is 99.8 cm³/mol. The second-order valence-electron chi connectivity index (χ2n) is 6.62. The van der Waals surface area contributed by atoms with Crippen LogP contribution < -0.4 is 0 Å². The Balaban J connectivity index is 1.69. The Morgan fingerprint density at radius 3 is 2.44 bits per heavy atom. The minimum atomic E-state index is -0.490. The molecule has 4 heteroatoms. The van der Waals surface area contributed by atoms with Crippen molar-refractivity contribution in [1.82, 2.24) is 9.47 Å². The Morgan fingerprint density at radius 1 is 0.920 bits per heavy atom. The minimum Gasteiger partial charge on any atom is -0.389 e. The number of morpholine rings is 1. The van der Waals surface area contributed by atoms with Gasteiger partial charge in [0.1, 0.15) is 0 Å². The largest absolute Gasteiger partial charge is 0.389 e. The van der Waals surface area contributed by atoms with Gasteiger partial charge in [-0.2, -0.15) is 0 Å². The number of rotatable bonds is 5. The van der Waals surface area contributed by atoms with Gasteiger partial charge < -0.3 is 14.4 Å².